The van der Waals surface area contributed by atoms with Crippen molar-refractivity contribution in [2.45, 2.75) is 26.2 Å². The summed E-state index contributed by atoms with van der Waals surface area (Å²) < 4.78 is 26.8. The third-order valence-corrected chi connectivity index (χ3v) is 4.66. The minimum atomic E-state index is -0.903. The van der Waals surface area contributed by atoms with Crippen LogP contribution in [0.4, 0.5) is 8.78 Å². The molecule has 2 nitrogen and oxygen atoms in total. The molecule has 1 aliphatic carbocycles. The molecule has 0 N–H and O–H groups in total. The lowest BCUT2D eigenvalue weighted by atomic mass is 9.83. The Hall–Kier alpha value is -1.71. The van der Waals surface area contributed by atoms with Crippen LogP contribution in [0.15, 0.2) is 29.8 Å². The third-order valence-electron chi connectivity index (χ3n) is 4.66. The summed E-state index contributed by atoms with van der Waals surface area (Å²) in [4.78, 5) is 14.1. The number of rotatable bonds is 2. The van der Waals surface area contributed by atoms with E-state index >= 15 is 0 Å². The van der Waals surface area contributed by atoms with Crippen LogP contribution in [0.1, 0.15) is 25.3 Å². The molecule has 112 valence electrons. The molecule has 1 amide bonds. The van der Waals surface area contributed by atoms with Crippen molar-refractivity contribution < 1.29 is 13.6 Å². The first-order valence-electron chi connectivity index (χ1n) is 7.41. The topological polar surface area (TPSA) is 20.3 Å². The molecule has 2 aliphatic rings. The second-order valence-electron chi connectivity index (χ2n) is 6.20. The normalized spacial score (nSPS) is 24.7. The molecule has 0 radical (unpaired) electrons. The van der Waals surface area contributed by atoms with Gasteiger partial charge in [-0.15, -0.1) is 0 Å². The standard InChI is InChI=1S/C17H19F2NO/c1-11-5-6-13-9-20(10-14(13)7-11)16(21)8-12-3-2-4-15(18)17(12)19/h2-5,13-14H,6-10H2,1H3/t13-,14+/m1/s1. The minimum Gasteiger partial charge on any atom is -0.342 e. The molecule has 2 atom stereocenters. The summed E-state index contributed by atoms with van der Waals surface area (Å²) in [6.07, 6.45) is 4.26. The quantitative estimate of drug-likeness (QED) is 0.765. The van der Waals surface area contributed by atoms with Gasteiger partial charge in [0.25, 0.3) is 0 Å². The Morgan fingerprint density at radius 1 is 1.29 bits per heavy atom. The van der Waals surface area contributed by atoms with Crippen molar-refractivity contribution in [1.29, 1.82) is 0 Å². The highest BCUT2D eigenvalue weighted by Gasteiger charge is 2.36. The number of amides is 1. The monoisotopic (exact) mass is 291 g/mol. The first-order chi connectivity index (χ1) is 10.0. The largest absolute Gasteiger partial charge is 0.342 e. The zero-order chi connectivity index (χ0) is 15.0. The van der Waals surface area contributed by atoms with Gasteiger partial charge in [-0.25, -0.2) is 8.78 Å². The molecular formula is C17H19F2NO. The number of allylic oxidation sites excluding steroid dienone is 2. The van der Waals surface area contributed by atoms with Crippen LogP contribution in [-0.4, -0.2) is 23.9 Å². The van der Waals surface area contributed by atoms with E-state index in [-0.39, 0.29) is 17.9 Å². The molecule has 1 aromatic carbocycles. The van der Waals surface area contributed by atoms with E-state index < -0.39 is 11.6 Å². The number of nitrogens with zero attached hydrogens (tertiary/aromatic N) is 1. The molecule has 4 heteroatoms. The summed E-state index contributed by atoms with van der Waals surface area (Å²) in [6.45, 7) is 3.61. The molecule has 1 fully saturated rings. The second kappa shape index (κ2) is 5.58. The van der Waals surface area contributed by atoms with Gasteiger partial charge in [-0.05, 0) is 37.7 Å². The van der Waals surface area contributed by atoms with Gasteiger partial charge in [0, 0.05) is 18.7 Å². The highest BCUT2D eigenvalue weighted by molar-refractivity contribution is 5.79. The van der Waals surface area contributed by atoms with Gasteiger partial charge in [0.1, 0.15) is 0 Å². The molecule has 1 aliphatic heterocycles. The lowest BCUT2D eigenvalue weighted by molar-refractivity contribution is -0.129. The van der Waals surface area contributed by atoms with Crippen LogP contribution < -0.4 is 0 Å². The number of carbonyl (C=O) groups excluding carboxylic acids is 1. The van der Waals surface area contributed by atoms with Crippen molar-refractivity contribution in [3.63, 3.8) is 0 Å². The van der Waals surface area contributed by atoms with Gasteiger partial charge < -0.3 is 4.90 Å². The Kier molecular flexibility index (Phi) is 3.79. The van der Waals surface area contributed by atoms with E-state index in [0.29, 0.717) is 11.8 Å². The number of halogens is 2. The van der Waals surface area contributed by atoms with E-state index in [1.54, 1.807) is 0 Å². The molecule has 0 saturated carbocycles. The van der Waals surface area contributed by atoms with Gasteiger partial charge >= 0.3 is 0 Å². The predicted molar refractivity (Wildman–Crippen MR) is 76.6 cm³/mol. The van der Waals surface area contributed by atoms with Crippen molar-refractivity contribution in [3.05, 3.63) is 47.0 Å². The van der Waals surface area contributed by atoms with Crippen molar-refractivity contribution in [2.24, 2.45) is 11.8 Å². The summed E-state index contributed by atoms with van der Waals surface area (Å²) in [5, 5.41) is 0. The van der Waals surface area contributed by atoms with E-state index in [2.05, 4.69) is 13.0 Å². The van der Waals surface area contributed by atoms with Crippen molar-refractivity contribution >= 4 is 5.91 Å². The van der Waals surface area contributed by atoms with Gasteiger partial charge in [0.15, 0.2) is 11.6 Å². The van der Waals surface area contributed by atoms with E-state index in [1.165, 1.54) is 17.7 Å². The molecule has 1 heterocycles. The first-order valence-corrected chi connectivity index (χ1v) is 7.41. The van der Waals surface area contributed by atoms with Crippen molar-refractivity contribution in [1.82, 2.24) is 4.90 Å². The molecule has 0 bridgehead atoms. The Morgan fingerprint density at radius 2 is 2.05 bits per heavy atom. The van der Waals surface area contributed by atoms with Crippen LogP contribution in [0.3, 0.4) is 0 Å². The summed E-state index contributed by atoms with van der Waals surface area (Å²) in [6, 6.07) is 3.99. The number of hydrogen-bond donors (Lipinski definition) is 0. The second-order valence-corrected chi connectivity index (χ2v) is 6.20. The van der Waals surface area contributed by atoms with E-state index in [1.807, 2.05) is 4.90 Å². The number of benzene rings is 1. The van der Waals surface area contributed by atoms with Crippen LogP contribution in [0.5, 0.6) is 0 Å². The van der Waals surface area contributed by atoms with E-state index in [0.717, 1.165) is 32.0 Å². The molecule has 1 aromatic rings. The minimum absolute atomic E-state index is 0.0601. The molecular weight excluding hydrogens is 272 g/mol. The summed E-state index contributed by atoms with van der Waals surface area (Å²) in [5.74, 6) is -0.854. The molecule has 0 unspecified atom stereocenters. The number of hydrogen-bond acceptors (Lipinski definition) is 1. The fourth-order valence-electron chi connectivity index (χ4n) is 3.45. The Bertz CT molecular complexity index is 596. The fraction of sp³-hybridized carbons (Fsp3) is 0.471. The average Bonchev–Trinajstić information content (AvgIpc) is 2.87. The zero-order valence-electron chi connectivity index (χ0n) is 12.1. The number of carbonyl (C=O) groups is 1. The lowest BCUT2D eigenvalue weighted by Crippen LogP contribution is -2.30. The Labute approximate surface area is 123 Å². The van der Waals surface area contributed by atoms with Crippen LogP contribution in [-0.2, 0) is 11.2 Å². The Balaban J connectivity index is 1.66. The maximum Gasteiger partial charge on any atom is 0.227 e. The van der Waals surface area contributed by atoms with E-state index in [9.17, 15) is 13.6 Å². The third kappa shape index (κ3) is 2.85. The highest BCUT2D eigenvalue weighted by Crippen LogP contribution is 2.35. The van der Waals surface area contributed by atoms with Gasteiger partial charge in [-0.2, -0.15) is 0 Å². The van der Waals surface area contributed by atoms with Gasteiger partial charge in [-0.1, -0.05) is 23.8 Å². The number of likely N-dealkylation sites (tertiary alicyclic amines) is 1. The van der Waals surface area contributed by atoms with Gasteiger partial charge in [0.05, 0.1) is 6.42 Å². The van der Waals surface area contributed by atoms with Crippen LogP contribution in [0.2, 0.25) is 0 Å². The lowest BCUT2D eigenvalue weighted by Gasteiger charge is -2.21. The number of fused-ring (bicyclic) bond motifs is 1. The van der Waals surface area contributed by atoms with Crippen molar-refractivity contribution in [2.75, 3.05) is 13.1 Å². The van der Waals surface area contributed by atoms with E-state index in [4.69, 9.17) is 0 Å². The summed E-state index contributed by atoms with van der Waals surface area (Å²) in [5.41, 5.74) is 1.53. The molecule has 21 heavy (non-hydrogen) atoms. The maximum absolute atomic E-state index is 13.6. The highest BCUT2D eigenvalue weighted by atomic mass is 19.2. The Morgan fingerprint density at radius 3 is 2.86 bits per heavy atom. The van der Waals surface area contributed by atoms with Crippen LogP contribution in [0, 0.1) is 23.5 Å². The maximum atomic E-state index is 13.6. The smallest absolute Gasteiger partial charge is 0.227 e. The van der Waals surface area contributed by atoms with Gasteiger partial charge in [0.2, 0.25) is 5.91 Å². The summed E-state index contributed by atoms with van der Waals surface area (Å²) in [7, 11) is 0. The molecule has 1 saturated heterocycles. The zero-order valence-corrected chi connectivity index (χ0v) is 12.1. The van der Waals surface area contributed by atoms with Gasteiger partial charge in [-0.3, -0.25) is 4.79 Å². The molecule has 3 rings (SSSR count). The van der Waals surface area contributed by atoms with Crippen molar-refractivity contribution in [3.8, 4) is 0 Å². The molecule has 0 spiro atoms. The first kappa shape index (κ1) is 14.2. The van der Waals surface area contributed by atoms with Crippen LogP contribution >= 0.6 is 0 Å². The fourth-order valence-corrected chi connectivity index (χ4v) is 3.45. The molecule has 0 aromatic heterocycles. The van der Waals surface area contributed by atoms with Crippen LogP contribution in [0.25, 0.3) is 0 Å². The SMILES string of the molecule is CC1=CC[C@@H]2CN(C(=O)Cc3cccc(F)c3F)C[C@@H]2C1. The predicted octanol–water partition coefficient (Wildman–Crippen LogP) is 3.32. The average molecular weight is 291 g/mol. The summed E-state index contributed by atoms with van der Waals surface area (Å²) >= 11 is 0.